The Morgan fingerprint density at radius 1 is 1.15 bits per heavy atom. The fraction of sp³-hybridized carbons (Fsp3) is 0.444. The molecule has 4 heterocycles. The summed E-state index contributed by atoms with van der Waals surface area (Å²) in [6.45, 7) is 6.93. The molecule has 2 aromatic heterocycles. The predicted octanol–water partition coefficient (Wildman–Crippen LogP) is 1.13. The van der Waals surface area contributed by atoms with Crippen molar-refractivity contribution >= 4 is 23.4 Å². The second kappa shape index (κ2) is 7.25. The van der Waals surface area contributed by atoms with Crippen LogP contribution in [0.2, 0.25) is 0 Å². The molecule has 2 saturated heterocycles. The molecule has 0 bridgehead atoms. The van der Waals surface area contributed by atoms with E-state index in [1.165, 1.54) is 6.42 Å². The number of carbonyl (C=O) groups excluding carboxylic acids is 1. The predicted molar refractivity (Wildman–Crippen MR) is 101 cm³/mol. The third-order valence-corrected chi connectivity index (χ3v) is 4.84. The number of anilines is 3. The molecule has 0 saturated carbocycles. The first-order chi connectivity index (χ1) is 12.7. The Hall–Kier alpha value is -2.74. The Labute approximate surface area is 152 Å². The van der Waals surface area contributed by atoms with Crippen LogP contribution in [0.3, 0.4) is 0 Å². The average molecular weight is 353 g/mol. The van der Waals surface area contributed by atoms with Gasteiger partial charge in [-0.15, -0.1) is 0 Å². The molecule has 0 spiro atoms. The molecule has 0 aromatic carbocycles. The second-order valence-electron chi connectivity index (χ2n) is 6.72. The molecular weight excluding hydrogens is 330 g/mol. The molecular formula is C18H23N7O. The van der Waals surface area contributed by atoms with Crippen LogP contribution in [0.5, 0.6) is 0 Å². The van der Waals surface area contributed by atoms with Crippen molar-refractivity contribution in [2.24, 2.45) is 0 Å². The summed E-state index contributed by atoms with van der Waals surface area (Å²) in [5.74, 6) is 1.41. The Bertz CT molecular complexity index is 758. The van der Waals surface area contributed by atoms with Crippen LogP contribution in [-0.2, 0) is 0 Å². The van der Waals surface area contributed by atoms with E-state index in [9.17, 15) is 4.79 Å². The van der Waals surface area contributed by atoms with E-state index in [2.05, 4.69) is 42.3 Å². The van der Waals surface area contributed by atoms with Gasteiger partial charge in [-0.1, -0.05) is 0 Å². The minimum absolute atomic E-state index is 0.209. The summed E-state index contributed by atoms with van der Waals surface area (Å²) in [6.07, 6.45) is 6.11. The smallest absolute Gasteiger partial charge is 0.257 e. The lowest BCUT2D eigenvalue weighted by Gasteiger charge is -2.33. The molecule has 8 nitrogen and oxygen atoms in total. The van der Waals surface area contributed by atoms with E-state index >= 15 is 0 Å². The number of carbonyl (C=O) groups is 1. The zero-order chi connectivity index (χ0) is 17.9. The normalized spacial score (nSPS) is 19.8. The molecule has 2 N–H and O–H groups in total. The summed E-state index contributed by atoms with van der Waals surface area (Å²) in [7, 11) is 0. The molecule has 136 valence electrons. The highest BCUT2D eigenvalue weighted by Gasteiger charge is 2.20. The van der Waals surface area contributed by atoms with E-state index in [1.807, 2.05) is 6.07 Å². The molecule has 2 fully saturated rings. The summed E-state index contributed by atoms with van der Waals surface area (Å²) in [4.78, 5) is 29.9. The Morgan fingerprint density at radius 3 is 2.58 bits per heavy atom. The maximum absolute atomic E-state index is 12.4. The van der Waals surface area contributed by atoms with E-state index in [4.69, 9.17) is 0 Å². The van der Waals surface area contributed by atoms with Gasteiger partial charge in [-0.05, 0) is 25.5 Å². The summed E-state index contributed by atoms with van der Waals surface area (Å²) in [5, 5.41) is 6.17. The first kappa shape index (κ1) is 16.7. The van der Waals surface area contributed by atoms with Crippen LogP contribution in [0.25, 0.3) is 0 Å². The zero-order valence-corrected chi connectivity index (χ0v) is 14.9. The molecule has 0 unspecified atom stereocenters. The van der Waals surface area contributed by atoms with Crippen molar-refractivity contribution in [1.29, 1.82) is 0 Å². The van der Waals surface area contributed by atoms with Crippen molar-refractivity contribution in [3.05, 3.63) is 36.3 Å². The lowest BCUT2D eigenvalue weighted by atomic mass is 10.2. The quantitative estimate of drug-likeness (QED) is 0.852. The minimum atomic E-state index is -0.209. The number of amides is 1. The SMILES string of the molecule is C[C@H]1CNCCN1c1ncc(NC(=O)c2ccc(N3CCC3)nc2)cn1. The Kier molecular flexibility index (Phi) is 4.66. The van der Waals surface area contributed by atoms with Gasteiger partial charge in [-0.2, -0.15) is 0 Å². The maximum Gasteiger partial charge on any atom is 0.257 e. The van der Waals surface area contributed by atoms with Crippen LogP contribution in [0.1, 0.15) is 23.7 Å². The summed E-state index contributed by atoms with van der Waals surface area (Å²) < 4.78 is 0. The summed E-state index contributed by atoms with van der Waals surface area (Å²) in [5.41, 5.74) is 1.10. The van der Waals surface area contributed by atoms with Gasteiger partial charge in [-0.3, -0.25) is 4.79 Å². The summed E-state index contributed by atoms with van der Waals surface area (Å²) >= 11 is 0. The van der Waals surface area contributed by atoms with Gasteiger partial charge in [0.15, 0.2) is 0 Å². The van der Waals surface area contributed by atoms with Gasteiger partial charge >= 0.3 is 0 Å². The average Bonchev–Trinajstić information content (AvgIpc) is 2.62. The minimum Gasteiger partial charge on any atom is -0.356 e. The monoisotopic (exact) mass is 353 g/mol. The van der Waals surface area contributed by atoms with Crippen LogP contribution < -0.4 is 20.4 Å². The molecule has 2 aromatic rings. The molecule has 0 aliphatic carbocycles. The van der Waals surface area contributed by atoms with Gasteiger partial charge in [-0.25, -0.2) is 15.0 Å². The number of nitrogens with one attached hydrogen (secondary N) is 2. The topological polar surface area (TPSA) is 86.3 Å². The van der Waals surface area contributed by atoms with Crippen molar-refractivity contribution < 1.29 is 4.79 Å². The maximum atomic E-state index is 12.4. The molecule has 1 amide bonds. The van der Waals surface area contributed by atoms with E-state index < -0.39 is 0 Å². The number of piperazine rings is 1. The van der Waals surface area contributed by atoms with E-state index in [-0.39, 0.29) is 5.91 Å². The molecule has 4 rings (SSSR count). The van der Waals surface area contributed by atoms with Crippen molar-refractivity contribution in [2.75, 3.05) is 47.8 Å². The first-order valence-corrected chi connectivity index (χ1v) is 9.02. The number of hydrogen-bond donors (Lipinski definition) is 2. The zero-order valence-electron chi connectivity index (χ0n) is 14.9. The van der Waals surface area contributed by atoms with Crippen LogP contribution in [0.4, 0.5) is 17.5 Å². The fourth-order valence-electron chi connectivity index (χ4n) is 3.13. The van der Waals surface area contributed by atoms with Gasteiger partial charge in [0.1, 0.15) is 5.82 Å². The fourth-order valence-corrected chi connectivity index (χ4v) is 3.13. The Morgan fingerprint density at radius 2 is 1.96 bits per heavy atom. The van der Waals surface area contributed by atoms with Crippen molar-refractivity contribution in [1.82, 2.24) is 20.3 Å². The largest absolute Gasteiger partial charge is 0.356 e. The highest BCUT2D eigenvalue weighted by Crippen LogP contribution is 2.18. The molecule has 8 heteroatoms. The van der Waals surface area contributed by atoms with Crippen LogP contribution >= 0.6 is 0 Å². The molecule has 26 heavy (non-hydrogen) atoms. The highest BCUT2D eigenvalue weighted by atomic mass is 16.1. The van der Waals surface area contributed by atoms with E-state index in [1.54, 1.807) is 24.7 Å². The van der Waals surface area contributed by atoms with Gasteiger partial charge in [0, 0.05) is 45.0 Å². The number of hydrogen-bond acceptors (Lipinski definition) is 7. The Balaban J connectivity index is 1.39. The highest BCUT2D eigenvalue weighted by molar-refractivity contribution is 6.04. The molecule has 0 radical (unpaired) electrons. The number of aromatic nitrogens is 3. The number of pyridine rings is 1. The molecule has 1 atom stereocenters. The van der Waals surface area contributed by atoms with Crippen LogP contribution in [0, 0.1) is 0 Å². The lowest BCUT2D eigenvalue weighted by Crippen LogP contribution is -2.50. The van der Waals surface area contributed by atoms with E-state index in [0.717, 1.165) is 38.5 Å². The molecule has 2 aliphatic rings. The van der Waals surface area contributed by atoms with Gasteiger partial charge in [0.25, 0.3) is 5.91 Å². The van der Waals surface area contributed by atoms with Crippen LogP contribution in [0.15, 0.2) is 30.7 Å². The lowest BCUT2D eigenvalue weighted by molar-refractivity contribution is 0.102. The van der Waals surface area contributed by atoms with E-state index in [0.29, 0.717) is 23.2 Å². The third-order valence-electron chi connectivity index (χ3n) is 4.84. The van der Waals surface area contributed by atoms with Crippen molar-refractivity contribution in [2.45, 2.75) is 19.4 Å². The first-order valence-electron chi connectivity index (χ1n) is 9.02. The number of nitrogens with zero attached hydrogens (tertiary/aromatic N) is 5. The van der Waals surface area contributed by atoms with Crippen molar-refractivity contribution in [3.63, 3.8) is 0 Å². The van der Waals surface area contributed by atoms with Gasteiger partial charge in [0.2, 0.25) is 5.95 Å². The van der Waals surface area contributed by atoms with Gasteiger partial charge < -0.3 is 20.4 Å². The van der Waals surface area contributed by atoms with Gasteiger partial charge in [0.05, 0.1) is 23.6 Å². The standard InChI is InChI=1S/C18H23N7O/c1-13-9-19-5-8-25(13)18-21-11-15(12-22-18)23-17(26)14-3-4-16(20-10-14)24-6-2-7-24/h3-4,10-13,19H,2,5-9H2,1H3,(H,23,26)/t13-/m0/s1. The number of rotatable bonds is 4. The molecule has 2 aliphatic heterocycles. The summed E-state index contributed by atoms with van der Waals surface area (Å²) in [6, 6.07) is 4.03. The van der Waals surface area contributed by atoms with Crippen LogP contribution in [-0.4, -0.2) is 59.6 Å². The van der Waals surface area contributed by atoms with Crippen molar-refractivity contribution in [3.8, 4) is 0 Å². The third kappa shape index (κ3) is 3.45. The second-order valence-corrected chi connectivity index (χ2v) is 6.72.